The van der Waals surface area contributed by atoms with E-state index in [4.69, 9.17) is 9.84 Å². The smallest absolute Gasteiger partial charge is 0.419 e. The SMILES string of the molecule is CC(C)(C)OC(=O)n1cc(C(=O)c2nc(C(=O)O)cs2)c2cccc(F)c21. The maximum absolute atomic E-state index is 14.4. The first-order chi connectivity index (χ1) is 12.6. The number of hydrogen-bond acceptors (Lipinski definition) is 6. The van der Waals surface area contributed by atoms with Crippen LogP contribution in [0.3, 0.4) is 0 Å². The lowest BCUT2D eigenvalue weighted by atomic mass is 10.1. The molecule has 0 spiro atoms. The van der Waals surface area contributed by atoms with Gasteiger partial charge < -0.3 is 9.84 Å². The van der Waals surface area contributed by atoms with E-state index in [2.05, 4.69) is 4.98 Å². The highest BCUT2D eigenvalue weighted by Crippen LogP contribution is 2.28. The molecule has 1 N–H and O–H groups in total. The molecule has 0 aliphatic heterocycles. The number of aromatic nitrogens is 2. The molecule has 0 aliphatic rings. The largest absolute Gasteiger partial charge is 0.476 e. The van der Waals surface area contributed by atoms with E-state index in [-0.39, 0.29) is 27.2 Å². The van der Waals surface area contributed by atoms with Gasteiger partial charge in [0, 0.05) is 17.0 Å². The monoisotopic (exact) mass is 390 g/mol. The number of carboxylic acids is 1. The third-order valence-electron chi connectivity index (χ3n) is 3.53. The van der Waals surface area contributed by atoms with Crippen LogP contribution in [0.15, 0.2) is 29.8 Å². The fourth-order valence-electron chi connectivity index (χ4n) is 2.47. The minimum Gasteiger partial charge on any atom is -0.476 e. The van der Waals surface area contributed by atoms with Crippen LogP contribution < -0.4 is 0 Å². The topological polar surface area (TPSA) is 98.5 Å². The summed E-state index contributed by atoms with van der Waals surface area (Å²) in [6.07, 6.45) is 0.355. The normalized spacial score (nSPS) is 11.6. The first-order valence-electron chi connectivity index (χ1n) is 7.85. The van der Waals surface area contributed by atoms with Gasteiger partial charge in [-0.25, -0.2) is 23.5 Å². The summed E-state index contributed by atoms with van der Waals surface area (Å²) in [5.41, 5.74) is -1.13. The van der Waals surface area contributed by atoms with Crippen molar-refractivity contribution in [2.45, 2.75) is 26.4 Å². The molecule has 0 unspecified atom stereocenters. The Morgan fingerprint density at radius 1 is 1.26 bits per heavy atom. The molecule has 1 aromatic carbocycles. The van der Waals surface area contributed by atoms with Crippen LogP contribution in [0.1, 0.15) is 46.6 Å². The predicted octanol–water partition coefficient (Wildman–Crippen LogP) is 3.95. The van der Waals surface area contributed by atoms with Crippen molar-refractivity contribution in [2.24, 2.45) is 0 Å². The second kappa shape index (κ2) is 6.58. The lowest BCUT2D eigenvalue weighted by Crippen LogP contribution is -2.27. The number of thiazole rings is 1. The zero-order valence-electron chi connectivity index (χ0n) is 14.6. The summed E-state index contributed by atoms with van der Waals surface area (Å²) in [5.74, 6) is -2.55. The van der Waals surface area contributed by atoms with Crippen LogP contribution in [0.5, 0.6) is 0 Å². The van der Waals surface area contributed by atoms with E-state index in [9.17, 15) is 18.8 Å². The van der Waals surface area contributed by atoms with Crippen LogP contribution in [0.2, 0.25) is 0 Å². The van der Waals surface area contributed by atoms with Gasteiger partial charge in [0.05, 0.1) is 11.1 Å². The molecule has 0 saturated heterocycles. The Labute approximate surface area is 157 Å². The molecule has 0 atom stereocenters. The third kappa shape index (κ3) is 3.59. The molecule has 0 fully saturated rings. The summed E-state index contributed by atoms with van der Waals surface area (Å²) in [4.78, 5) is 40.0. The van der Waals surface area contributed by atoms with Gasteiger partial charge in [-0.05, 0) is 26.8 Å². The van der Waals surface area contributed by atoms with E-state index < -0.39 is 29.3 Å². The van der Waals surface area contributed by atoms with Gasteiger partial charge in [0.15, 0.2) is 10.7 Å². The zero-order valence-corrected chi connectivity index (χ0v) is 15.5. The van der Waals surface area contributed by atoms with Crippen LogP contribution in [-0.4, -0.2) is 38.1 Å². The number of carboxylic acid groups (broad SMARTS) is 1. The molecule has 140 valence electrons. The van der Waals surface area contributed by atoms with Crippen molar-refractivity contribution in [3.63, 3.8) is 0 Å². The molecule has 3 rings (SSSR count). The molecule has 2 heterocycles. The number of ketones is 1. The second-order valence-corrected chi connectivity index (χ2v) is 7.56. The summed E-state index contributed by atoms with van der Waals surface area (Å²) in [6.45, 7) is 5.01. The number of ether oxygens (including phenoxy) is 1. The average molecular weight is 390 g/mol. The Kier molecular flexibility index (Phi) is 4.56. The van der Waals surface area contributed by atoms with Gasteiger partial charge in [-0.3, -0.25) is 4.79 Å². The number of aromatic carboxylic acids is 1. The molecular weight excluding hydrogens is 375 g/mol. The average Bonchev–Trinajstić information content (AvgIpc) is 3.18. The fraction of sp³-hybridized carbons (Fsp3) is 0.222. The van der Waals surface area contributed by atoms with Crippen molar-refractivity contribution in [3.8, 4) is 0 Å². The van der Waals surface area contributed by atoms with Crippen LogP contribution in [0, 0.1) is 5.82 Å². The Morgan fingerprint density at radius 3 is 2.56 bits per heavy atom. The standard InChI is InChI=1S/C18H15FN2O5S/c1-18(2,3)26-17(25)21-7-10(9-5-4-6-11(19)13(9)21)14(22)15-20-12(8-27-15)16(23)24/h4-8H,1-3H3,(H,23,24). The zero-order chi connectivity index (χ0) is 19.9. The highest BCUT2D eigenvalue weighted by atomic mass is 32.1. The van der Waals surface area contributed by atoms with Gasteiger partial charge >= 0.3 is 12.1 Å². The number of rotatable bonds is 3. The Balaban J connectivity index is 2.13. The fourth-order valence-corrected chi connectivity index (χ4v) is 3.21. The molecule has 7 nitrogen and oxygen atoms in total. The number of carbonyl (C=O) groups is 3. The molecule has 0 amide bonds. The van der Waals surface area contributed by atoms with Crippen molar-refractivity contribution in [1.29, 1.82) is 0 Å². The Bertz CT molecular complexity index is 1080. The van der Waals surface area contributed by atoms with Gasteiger partial charge in [-0.15, -0.1) is 11.3 Å². The van der Waals surface area contributed by atoms with Crippen molar-refractivity contribution >= 4 is 40.1 Å². The quantitative estimate of drug-likeness (QED) is 0.680. The minimum absolute atomic E-state index is 0.0293. The number of para-hydroxylation sites is 1. The lowest BCUT2D eigenvalue weighted by Gasteiger charge is -2.19. The number of benzene rings is 1. The second-order valence-electron chi connectivity index (χ2n) is 6.70. The van der Waals surface area contributed by atoms with Crippen LogP contribution >= 0.6 is 11.3 Å². The van der Waals surface area contributed by atoms with Crippen LogP contribution in [0.4, 0.5) is 9.18 Å². The summed E-state index contributed by atoms with van der Waals surface area (Å²) in [7, 11) is 0. The lowest BCUT2D eigenvalue weighted by molar-refractivity contribution is 0.0542. The molecule has 0 saturated carbocycles. The van der Waals surface area contributed by atoms with E-state index in [0.29, 0.717) is 0 Å². The molecule has 9 heteroatoms. The summed E-state index contributed by atoms with van der Waals surface area (Å²) in [6, 6.07) is 4.08. The van der Waals surface area contributed by atoms with Crippen molar-refractivity contribution in [3.05, 3.63) is 51.9 Å². The highest BCUT2D eigenvalue weighted by Gasteiger charge is 2.26. The number of halogens is 1. The first-order valence-corrected chi connectivity index (χ1v) is 8.73. The van der Waals surface area contributed by atoms with E-state index in [1.807, 2.05) is 0 Å². The predicted molar refractivity (Wildman–Crippen MR) is 96.0 cm³/mol. The number of carbonyl (C=O) groups excluding carboxylic acids is 2. The van der Waals surface area contributed by atoms with Gasteiger partial charge in [0.2, 0.25) is 5.78 Å². The van der Waals surface area contributed by atoms with Crippen molar-refractivity contribution in [1.82, 2.24) is 9.55 Å². The molecule has 0 aliphatic carbocycles. The number of fused-ring (bicyclic) bond motifs is 1. The molecule has 27 heavy (non-hydrogen) atoms. The molecule has 0 radical (unpaired) electrons. The Hall–Kier alpha value is -3.07. The molecule has 2 aromatic heterocycles. The maximum atomic E-state index is 14.4. The summed E-state index contributed by atoms with van der Waals surface area (Å²) in [5, 5.41) is 10.3. The van der Waals surface area contributed by atoms with E-state index in [1.54, 1.807) is 20.8 Å². The number of hydrogen-bond donors (Lipinski definition) is 1. The molecule has 0 bridgehead atoms. The van der Waals surface area contributed by atoms with Crippen LogP contribution in [0.25, 0.3) is 10.9 Å². The molecule has 3 aromatic rings. The van der Waals surface area contributed by atoms with Crippen molar-refractivity contribution < 1.29 is 28.6 Å². The van der Waals surface area contributed by atoms with Gasteiger partial charge in [-0.2, -0.15) is 0 Å². The van der Waals surface area contributed by atoms with E-state index in [1.165, 1.54) is 29.8 Å². The summed E-state index contributed by atoms with van der Waals surface area (Å²) >= 11 is 0.861. The third-order valence-corrected chi connectivity index (χ3v) is 4.37. The Morgan fingerprint density at radius 2 is 1.96 bits per heavy atom. The van der Waals surface area contributed by atoms with Gasteiger partial charge in [0.25, 0.3) is 0 Å². The minimum atomic E-state index is -1.26. The maximum Gasteiger partial charge on any atom is 0.419 e. The van der Waals surface area contributed by atoms with E-state index in [0.717, 1.165) is 15.9 Å². The van der Waals surface area contributed by atoms with Crippen molar-refractivity contribution in [2.75, 3.05) is 0 Å². The van der Waals surface area contributed by atoms with Crippen LogP contribution in [-0.2, 0) is 4.74 Å². The summed E-state index contributed by atoms with van der Waals surface area (Å²) < 4.78 is 20.6. The van der Waals surface area contributed by atoms with Gasteiger partial charge in [-0.1, -0.05) is 12.1 Å². The van der Waals surface area contributed by atoms with Gasteiger partial charge in [0.1, 0.15) is 11.4 Å². The number of nitrogens with zero attached hydrogens (tertiary/aromatic N) is 2. The molecular formula is C18H15FN2O5S. The first kappa shape index (κ1) is 18.7. The van der Waals surface area contributed by atoms with E-state index >= 15 is 0 Å². The highest BCUT2D eigenvalue weighted by molar-refractivity contribution is 7.12.